The molecule has 0 unspecified atom stereocenters. The maximum atomic E-state index is 13.3. The van der Waals surface area contributed by atoms with Gasteiger partial charge in [0, 0.05) is 17.7 Å². The molecule has 1 aromatic rings. The van der Waals surface area contributed by atoms with Crippen LogP contribution >= 0.6 is 0 Å². The topological polar surface area (TPSA) is 76.7 Å². The van der Waals surface area contributed by atoms with Crippen LogP contribution in [0.5, 0.6) is 11.5 Å². The van der Waals surface area contributed by atoms with Gasteiger partial charge in [0.25, 0.3) is 5.91 Å². The van der Waals surface area contributed by atoms with E-state index in [9.17, 15) is 9.59 Å². The second-order valence-electron chi connectivity index (χ2n) is 10.8. The molecule has 4 aliphatic rings. The summed E-state index contributed by atoms with van der Waals surface area (Å²) < 4.78 is 10.6. The molecule has 2 amide bonds. The van der Waals surface area contributed by atoms with E-state index < -0.39 is 6.04 Å². The molecule has 176 valence electrons. The van der Waals surface area contributed by atoms with Crippen molar-refractivity contribution in [3.05, 3.63) is 23.8 Å². The highest BCUT2D eigenvalue weighted by Gasteiger charge is 2.53. The monoisotopic (exact) mass is 442 g/mol. The number of carbonyl (C=O) groups excluding carboxylic acids is 2. The van der Waals surface area contributed by atoms with E-state index in [4.69, 9.17) is 9.47 Å². The number of methoxy groups -OCH3 is 2. The van der Waals surface area contributed by atoms with Crippen molar-refractivity contribution >= 4 is 11.8 Å². The summed E-state index contributed by atoms with van der Waals surface area (Å²) in [5.41, 5.74) is 0.643. The lowest BCUT2D eigenvalue weighted by molar-refractivity contribution is -0.128. The molecule has 4 fully saturated rings. The number of benzene rings is 1. The van der Waals surface area contributed by atoms with Gasteiger partial charge in [-0.05, 0) is 86.7 Å². The van der Waals surface area contributed by atoms with Gasteiger partial charge < -0.3 is 20.1 Å². The molecule has 2 N–H and O–H groups in total. The minimum absolute atomic E-state index is 0.0324. The molecule has 5 rings (SSSR count). The zero-order chi connectivity index (χ0) is 23.0. The number of amides is 2. The molecule has 0 saturated heterocycles. The number of rotatable bonds is 8. The smallest absolute Gasteiger partial charge is 0.252 e. The molecular weight excluding hydrogens is 404 g/mol. The van der Waals surface area contributed by atoms with Crippen molar-refractivity contribution in [1.82, 2.24) is 10.6 Å². The Bertz CT molecular complexity index is 808. The van der Waals surface area contributed by atoms with Gasteiger partial charge in [-0.15, -0.1) is 0 Å². The van der Waals surface area contributed by atoms with E-state index in [-0.39, 0.29) is 29.2 Å². The number of ether oxygens (including phenoxy) is 2. The summed E-state index contributed by atoms with van der Waals surface area (Å²) in [6.45, 7) is 6.11. The summed E-state index contributed by atoms with van der Waals surface area (Å²) in [7, 11) is 3.10. The van der Waals surface area contributed by atoms with Crippen LogP contribution in [-0.4, -0.2) is 38.1 Å². The fraction of sp³-hybridized carbons (Fsp3) is 0.692. The fourth-order valence-electron chi connectivity index (χ4n) is 6.86. The molecule has 0 spiro atoms. The lowest BCUT2D eigenvalue weighted by Crippen LogP contribution is -2.59. The Morgan fingerprint density at radius 2 is 1.38 bits per heavy atom. The molecule has 6 heteroatoms. The van der Waals surface area contributed by atoms with Crippen molar-refractivity contribution < 1.29 is 19.1 Å². The fourth-order valence-corrected chi connectivity index (χ4v) is 6.86. The van der Waals surface area contributed by atoms with Gasteiger partial charge in [0.05, 0.1) is 14.2 Å². The van der Waals surface area contributed by atoms with Crippen molar-refractivity contribution in [3.63, 3.8) is 0 Å². The highest BCUT2D eigenvalue weighted by molar-refractivity contribution is 5.98. The predicted octanol–water partition coefficient (Wildman–Crippen LogP) is 4.18. The molecule has 0 radical (unpaired) electrons. The number of carbonyl (C=O) groups is 2. The first-order valence-electron chi connectivity index (χ1n) is 12.1. The summed E-state index contributed by atoms with van der Waals surface area (Å²) in [5, 5.41) is 6.27. The second-order valence-corrected chi connectivity index (χ2v) is 10.8. The Balaban J connectivity index is 1.45. The minimum Gasteiger partial charge on any atom is -0.497 e. The Labute approximate surface area is 191 Å². The normalized spacial score (nSPS) is 30.0. The van der Waals surface area contributed by atoms with Crippen LogP contribution in [0, 0.1) is 29.1 Å². The Kier molecular flexibility index (Phi) is 6.42. The van der Waals surface area contributed by atoms with Gasteiger partial charge in [0.2, 0.25) is 5.91 Å². The SMILES string of the molecule is COc1cc(OC)cc(C(=O)N[C@H](C(=O)N[C@@H](C)C23CC4CC(CC(C4)C2)C3)C(C)C)c1. The molecule has 6 nitrogen and oxygen atoms in total. The van der Waals surface area contributed by atoms with Crippen LogP contribution in [-0.2, 0) is 4.79 Å². The van der Waals surface area contributed by atoms with E-state index in [1.165, 1.54) is 38.5 Å². The molecule has 32 heavy (non-hydrogen) atoms. The highest BCUT2D eigenvalue weighted by atomic mass is 16.5. The molecule has 0 heterocycles. The first-order valence-corrected chi connectivity index (χ1v) is 12.1. The van der Waals surface area contributed by atoms with Crippen LogP contribution in [0.1, 0.15) is 69.7 Å². The molecule has 1 aromatic carbocycles. The van der Waals surface area contributed by atoms with E-state index >= 15 is 0 Å². The van der Waals surface area contributed by atoms with Crippen LogP contribution in [0.25, 0.3) is 0 Å². The summed E-state index contributed by atoms with van der Waals surface area (Å²) >= 11 is 0. The second kappa shape index (κ2) is 8.95. The summed E-state index contributed by atoms with van der Waals surface area (Å²) in [5.74, 6) is 3.16. The van der Waals surface area contributed by atoms with Crippen molar-refractivity contribution in [1.29, 1.82) is 0 Å². The van der Waals surface area contributed by atoms with Gasteiger partial charge in [-0.1, -0.05) is 13.8 Å². The molecule has 4 bridgehead atoms. The van der Waals surface area contributed by atoms with Gasteiger partial charge in [-0.2, -0.15) is 0 Å². The largest absolute Gasteiger partial charge is 0.497 e. The maximum Gasteiger partial charge on any atom is 0.252 e. The third-order valence-electron chi connectivity index (χ3n) is 8.21. The summed E-state index contributed by atoms with van der Waals surface area (Å²) in [6, 6.07) is 4.56. The lowest BCUT2D eigenvalue weighted by atomic mass is 9.48. The van der Waals surface area contributed by atoms with E-state index in [0.29, 0.717) is 17.1 Å². The van der Waals surface area contributed by atoms with Crippen LogP contribution in [0.4, 0.5) is 0 Å². The first-order chi connectivity index (χ1) is 15.2. The quantitative estimate of drug-likeness (QED) is 0.633. The van der Waals surface area contributed by atoms with Gasteiger partial charge >= 0.3 is 0 Å². The van der Waals surface area contributed by atoms with Crippen LogP contribution in [0.3, 0.4) is 0 Å². The molecular formula is C26H38N2O4. The van der Waals surface area contributed by atoms with Crippen molar-refractivity contribution in [2.45, 2.75) is 71.4 Å². The van der Waals surface area contributed by atoms with Crippen LogP contribution in [0.2, 0.25) is 0 Å². The minimum atomic E-state index is -0.601. The van der Waals surface area contributed by atoms with E-state index in [1.54, 1.807) is 32.4 Å². The average molecular weight is 443 g/mol. The van der Waals surface area contributed by atoms with Crippen LogP contribution in [0.15, 0.2) is 18.2 Å². The van der Waals surface area contributed by atoms with Crippen molar-refractivity contribution in [2.24, 2.45) is 29.1 Å². The highest BCUT2D eigenvalue weighted by Crippen LogP contribution is 2.61. The van der Waals surface area contributed by atoms with Gasteiger partial charge in [0.1, 0.15) is 17.5 Å². The zero-order valence-electron chi connectivity index (χ0n) is 20.1. The van der Waals surface area contributed by atoms with E-state index in [1.807, 2.05) is 13.8 Å². The van der Waals surface area contributed by atoms with Gasteiger partial charge in [-0.25, -0.2) is 0 Å². The first kappa shape index (κ1) is 22.9. The average Bonchev–Trinajstić information content (AvgIpc) is 2.75. The molecule has 4 saturated carbocycles. The Hall–Kier alpha value is -2.24. The number of hydrogen-bond acceptors (Lipinski definition) is 4. The number of hydrogen-bond donors (Lipinski definition) is 2. The van der Waals surface area contributed by atoms with E-state index in [0.717, 1.165) is 17.8 Å². The standard InChI is InChI=1S/C26H38N2O4/c1-15(2)23(28-24(29)20-9-21(31-4)11-22(10-20)32-5)25(30)27-16(3)26-12-17-6-18(13-26)8-19(7-17)14-26/h9-11,15-19,23H,6-8,12-14H2,1-5H3,(H,27,30)(H,28,29)/t16-,17?,18?,19?,23-,26?/m0/s1. The Morgan fingerprint density at radius 3 is 1.81 bits per heavy atom. The molecule has 2 atom stereocenters. The summed E-state index contributed by atoms with van der Waals surface area (Å²) in [4.78, 5) is 26.3. The third-order valence-corrected chi connectivity index (χ3v) is 8.21. The lowest BCUT2D eigenvalue weighted by Gasteiger charge is -2.59. The summed E-state index contributed by atoms with van der Waals surface area (Å²) in [6.07, 6.45) is 7.87. The Morgan fingerprint density at radius 1 is 0.875 bits per heavy atom. The zero-order valence-corrected chi connectivity index (χ0v) is 20.1. The van der Waals surface area contributed by atoms with Crippen LogP contribution < -0.4 is 20.1 Å². The van der Waals surface area contributed by atoms with Gasteiger partial charge in [0.15, 0.2) is 0 Å². The maximum absolute atomic E-state index is 13.3. The van der Waals surface area contributed by atoms with E-state index in [2.05, 4.69) is 17.6 Å². The van der Waals surface area contributed by atoms with Gasteiger partial charge in [-0.3, -0.25) is 9.59 Å². The number of nitrogens with one attached hydrogen (secondary N) is 2. The van der Waals surface area contributed by atoms with Crippen molar-refractivity contribution in [3.8, 4) is 11.5 Å². The molecule has 4 aliphatic carbocycles. The molecule has 0 aliphatic heterocycles. The third kappa shape index (κ3) is 4.46. The predicted molar refractivity (Wildman–Crippen MR) is 124 cm³/mol. The molecule has 0 aromatic heterocycles. The van der Waals surface area contributed by atoms with Crippen molar-refractivity contribution in [2.75, 3.05) is 14.2 Å².